The summed E-state index contributed by atoms with van der Waals surface area (Å²) in [6.07, 6.45) is 3.40. The van der Waals surface area contributed by atoms with Gasteiger partial charge in [-0.05, 0) is 38.8 Å². The first-order valence-electron chi connectivity index (χ1n) is 7.10. The quantitative estimate of drug-likeness (QED) is 0.729. The number of carbonyl (C=O) groups excluding carboxylic acids is 1. The van der Waals surface area contributed by atoms with E-state index in [2.05, 4.69) is 12.2 Å². The van der Waals surface area contributed by atoms with Crippen LogP contribution in [0.3, 0.4) is 0 Å². The molecule has 0 saturated heterocycles. The van der Waals surface area contributed by atoms with Gasteiger partial charge in [-0.25, -0.2) is 0 Å². The van der Waals surface area contributed by atoms with Crippen molar-refractivity contribution < 1.29 is 9.53 Å². The Bertz CT molecular complexity index is 373. The molecule has 3 heteroatoms. The van der Waals surface area contributed by atoms with Crippen molar-refractivity contribution in [3.05, 3.63) is 29.8 Å². The van der Waals surface area contributed by atoms with Gasteiger partial charge in [-0.2, -0.15) is 0 Å². The van der Waals surface area contributed by atoms with E-state index in [9.17, 15) is 4.79 Å². The van der Waals surface area contributed by atoms with Gasteiger partial charge in [-0.15, -0.1) is 0 Å². The Hall–Kier alpha value is -1.51. The summed E-state index contributed by atoms with van der Waals surface area (Å²) >= 11 is 0. The van der Waals surface area contributed by atoms with Crippen LogP contribution < -0.4 is 10.1 Å². The second kappa shape index (κ2) is 8.57. The maximum Gasteiger partial charge on any atom is 0.220 e. The third-order valence-electron chi connectivity index (χ3n) is 2.97. The molecule has 1 aromatic carbocycles. The van der Waals surface area contributed by atoms with Gasteiger partial charge in [0.15, 0.2) is 0 Å². The lowest BCUT2D eigenvalue weighted by Gasteiger charge is -2.12. The first-order chi connectivity index (χ1) is 9.11. The highest BCUT2D eigenvalue weighted by molar-refractivity contribution is 5.76. The average molecular weight is 263 g/mol. The molecule has 1 aromatic rings. The molecule has 0 radical (unpaired) electrons. The molecule has 0 bridgehead atoms. The Kier molecular flexibility index (Phi) is 7.01. The first-order valence-corrected chi connectivity index (χ1v) is 7.10. The van der Waals surface area contributed by atoms with Crippen molar-refractivity contribution in [1.82, 2.24) is 5.32 Å². The second-order valence-corrected chi connectivity index (χ2v) is 5.02. The summed E-state index contributed by atoms with van der Waals surface area (Å²) in [6, 6.07) is 8.23. The van der Waals surface area contributed by atoms with Gasteiger partial charge in [0, 0.05) is 12.5 Å². The van der Waals surface area contributed by atoms with Crippen LogP contribution in [-0.2, 0) is 4.79 Å². The van der Waals surface area contributed by atoms with E-state index in [0.29, 0.717) is 13.0 Å². The highest BCUT2D eigenvalue weighted by Crippen LogP contribution is 2.11. The Morgan fingerprint density at radius 1 is 1.32 bits per heavy atom. The lowest BCUT2D eigenvalue weighted by Crippen LogP contribution is -2.32. The van der Waals surface area contributed by atoms with E-state index in [4.69, 9.17) is 4.74 Å². The average Bonchev–Trinajstić information content (AvgIpc) is 2.37. The summed E-state index contributed by atoms with van der Waals surface area (Å²) < 4.78 is 5.58. The molecule has 0 spiro atoms. The van der Waals surface area contributed by atoms with Crippen molar-refractivity contribution in [3.63, 3.8) is 0 Å². The number of carbonyl (C=O) groups is 1. The predicted octanol–water partition coefficient (Wildman–Crippen LogP) is 3.46. The summed E-state index contributed by atoms with van der Waals surface area (Å²) in [5, 5.41) is 2.99. The first kappa shape index (κ1) is 15.5. The molecule has 0 aliphatic rings. The standard InChI is InChI=1S/C16H25NO2/c1-4-6-14(3)17-16(18)7-5-12-19-15-10-8-13(2)9-11-15/h8-11,14H,4-7,12H2,1-3H3,(H,17,18)/t14-/m0/s1. The van der Waals surface area contributed by atoms with Crippen molar-refractivity contribution in [2.45, 2.75) is 52.5 Å². The molecule has 3 nitrogen and oxygen atoms in total. The zero-order chi connectivity index (χ0) is 14.1. The molecular formula is C16H25NO2. The Morgan fingerprint density at radius 3 is 2.63 bits per heavy atom. The van der Waals surface area contributed by atoms with Crippen LogP contribution in [0.5, 0.6) is 5.75 Å². The lowest BCUT2D eigenvalue weighted by molar-refractivity contribution is -0.121. The van der Waals surface area contributed by atoms with E-state index >= 15 is 0 Å². The topological polar surface area (TPSA) is 38.3 Å². The minimum atomic E-state index is 0.119. The van der Waals surface area contributed by atoms with E-state index in [0.717, 1.165) is 25.0 Å². The second-order valence-electron chi connectivity index (χ2n) is 5.02. The third-order valence-corrected chi connectivity index (χ3v) is 2.97. The predicted molar refractivity (Wildman–Crippen MR) is 78.4 cm³/mol. The summed E-state index contributed by atoms with van der Waals surface area (Å²) in [5.41, 5.74) is 1.22. The van der Waals surface area contributed by atoms with Crippen LogP contribution in [0.25, 0.3) is 0 Å². The Morgan fingerprint density at radius 2 is 2.00 bits per heavy atom. The van der Waals surface area contributed by atoms with Gasteiger partial charge in [-0.1, -0.05) is 31.0 Å². The van der Waals surface area contributed by atoms with Crippen LogP contribution in [0.15, 0.2) is 24.3 Å². The van der Waals surface area contributed by atoms with E-state index in [1.54, 1.807) is 0 Å². The number of hydrogen-bond acceptors (Lipinski definition) is 2. The number of ether oxygens (including phenoxy) is 1. The Balaban J connectivity index is 2.13. The molecule has 0 saturated carbocycles. The highest BCUT2D eigenvalue weighted by Gasteiger charge is 2.06. The normalized spacial score (nSPS) is 11.9. The molecule has 1 amide bonds. The van der Waals surface area contributed by atoms with Crippen molar-refractivity contribution in [2.75, 3.05) is 6.61 Å². The van der Waals surface area contributed by atoms with Gasteiger partial charge in [0.05, 0.1) is 6.61 Å². The molecule has 0 unspecified atom stereocenters. The zero-order valence-corrected chi connectivity index (χ0v) is 12.2. The van der Waals surface area contributed by atoms with Crippen LogP contribution >= 0.6 is 0 Å². The fraction of sp³-hybridized carbons (Fsp3) is 0.562. The lowest BCUT2D eigenvalue weighted by atomic mass is 10.2. The van der Waals surface area contributed by atoms with Gasteiger partial charge < -0.3 is 10.1 Å². The van der Waals surface area contributed by atoms with Crippen molar-refractivity contribution in [2.24, 2.45) is 0 Å². The van der Waals surface area contributed by atoms with Gasteiger partial charge in [0.1, 0.15) is 5.75 Å². The van der Waals surface area contributed by atoms with Crippen molar-refractivity contribution >= 4 is 5.91 Å². The van der Waals surface area contributed by atoms with Crippen LogP contribution in [0.1, 0.15) is 45.1 Å². The van der Waals surface area contributed by atoms with Crippen LogP contribution in [0.2, 0.25) is 0 Å². The summed E-state index contributed by atoms with van der Waals surface area (Å²) in [4.78, 5) is 11.6. The molecular weight excluding hydrogens is 238 g/mol. The summed E-state index contributed by atoms with van der Waals surface area (Å²) in [5.74, 6) is 0.985. The molecule has 0 fully saturated rings. The van der Waals surface area contributed by atoms with Crippen molar-refractivity contribution in [3.8, 4) is 5.75 Å². The number of rotatable bonds is 8. The molecule has 0 aliphatic carbocycles. The molecule has 0 heterocycles. The third kappa shape index (κ3) is 6.85. The molecule has 106 valence electrons. The molecule has 19 heavy (non-hydrogen) atoms. The fourth-order valence-corrected chi connectivity index (χ4v) is 1.91. The molecule has 1 rings (SSSR count). The molecule has 1 atom stereocenters. The van der Waals surface area contributed by atoms with Gasteiger partial charge in [0.25, 0.3) is 0 Å². The maximum absolute atomic E-state index is 11.6. The number of nitrogens with one attached hydrogen (secondary N) is 1. The molecule has 1 N–H and O–H groups in total. The minimum absolute atomic E-state index is 0.119. The van der Waals surface area contributed by atoms with E-state index in [1.807, 2.05) is 38.1 Å². The van der Waals surface area contributed by atoms with Crippen LogP contribution in [-0.4, -0.2) is 18.6 Å². The van der Waals surface area contributed by atoms with E-state index < -0.39 is 0 Å². The molecule has 0 aromatic heterocycles. The zero-order valence-electron chi connectivity index (χ0n) is 12.2. The largest absolute Gasteiger partial charge is 0.494 e. The fourth-order valence-electron chi connectivity index (χ4n) is 1.91. The summed E-state index contributed by atoms with van der Waals surface area (Å²) in [6.45, 7) is 6.80. The SMILES string of the molecule is CCC[C@H](C)NC(=O)CCCOc1ccc(C)cc1. The maximum atomic E-state index is 11.6. The highest BCUT2D eigenvalue weighted by atomic mass is 16.5. The van der Waals surface area contributed by atoms with Gasteiger partial charge >= 0.3 is 0 Å². The smallest absolute Gasteiger partial charge is 0.220 e. The van der Waals surface area contributed by atoms with Crippen LogP contribution in [0.4, 0.5) is 0 Å². The number of benzene rings is 1. The monoisotopic (exact) mass is 263 g/mol. The number of amides is 1. The van der Waals surface area contributed by atoms with E-state index in [1.165, 1.54) is 5.56 Å². The Labute approximate surface area is 116 Å². The van der Waals surface area contributed by atoms with E-state index in [-0.39, 0.29) is 11.9 Å². The van der Waals surface area contributed by atoms with Crippen molar-refractivity contribution in [1.29, 1.82) is 0 Å². The van der Waals surface area contributed by atoms with Gasteiger partial charge in [0.2, 0.25) is 5.91 Å². The number of hydrogen-bond donors (Lipinski definition) is 1. The molecule has 0 aliphatic heterocycles. The summed E-state index contributed by atoms with van der Waals surface area (Å²) in [7, 11) is 0. The van der Waals surface area contributed by atoms with Gasteiger partial charge in [-0.3, -0.25) is 4.79 Å². The number of aryl methyl sites for hydroxylation is 1. The van der Waals surface area contributed by atoms with Crippen LogP contribution in [0, 0.1) is 6.92 Å². The minimum Gasteiger partial charge on any atom is -0.494 e.